The van der Waals surface area contributed by atoms with Crippen molar-refractivity contribution in [2.75, 3.05) is 6.61 Å². The zero-order valence-electron chi connectivity index (χ0n) is 7.33. The molecular weight excluding hydrogens is 178 g/mol. The van der Waals surface area contributed by atoms with E-state index in [2.05, 4.69) is 4.74 Å². The second-order valence-electron chi connectivity index (χ2n) is 2.20. The highest BCUT2D eigenvalue weighted by Crippen LogP contribution is 1.88. The molecule has 0 fully saturated rings. The van der Waals surface area contributed by atoms with E-state index < -0.39 is 23.9 Å². The van der Waals surface area contributed by atoms with E-state index in [1.165, 1.54) is 6.92 Å². The van der Waals surface area contributed by atoms with Crippen LogP contribution in [0.15, 0.2) is 0 Å². The number of rotatable bonds is 4. The number of hydrogen-bond donors (Lipinski definition) is 1. The molecular formula is C7H10NO5-. The van der Waals surface area contributed by atoms with Gasteiger partial charge in [-0.2, -0.15) is 0 Å². The van der Waals surface area contributed by atoms with Gasteiger partial charge in [0.1, 0.15) is 0 Å². The Kier molecular flexibility index (Phi) is 4.50. The highest BCUT2D eigenvalue weighted by molar-refractivity contribution is 6.00. The Bertz CT molecular complexity index is 225. The first-order valence-electron chi connectivity index (χ1n) is 3.63. The molecule has 0 aliphatic carbocycles. The van der Waals surface area contributed by atoms with Crippen LogP contribution >= 0.6 is 0 Å². The molecule has 1 N–H and O–H groups in total. The van der Waals surface area contributed by atoms with E-state index in [-0.39, 0.29) is 6.61 Å². The van der Waals surface area contributed by atoms with Crippen LogP contribution in [0, 0.1) is 0 Å². The summed E-state index contributed by atoms with van der Waals surface area (Å²) in [5.41, 5.74) is 0. The lowest BCUT2D eigenvalue weighted by molar-refractivity contribution is -0.307. The number of carboxylic acid groups (broad SMARTS) is 1. The van der Waals surface area contributed by atoms with Gasteiger partial charge >= 0.3 is 5.97 Å². The lowest BCUT2D eigenvalue weighted by Crippen LogP contribution is -2.52. The number of carbonyl (C=O) groups is 3. The Morgan fingerprint density at radius 3 is 2.31 bits per heavy atom. The van der Waals surface area contributed by atoms with Gasteiger partial charge in [-0.3, -0.25) is 4.79 Å². The molecule has 0 unspecified atom stereocenters. The fourth-order valence-electron chi connectivity index (χ4n) is 0.643. The summed E-state index contributed by atoms with van der Waals surface area (Å²) in [6, 6.07) is -1.72. The summed E-state index contributed by atoms with van der Waals surface area (Å²) >= 11 is 0. The third kappa shape index (κ3) is 4.09. The van der Waals surface area contributed by atoms with Gasteiger partial charge in [0, 0.05) is 6.92 Å². The normalized spacial score (nSPS) is 11.5. The largest absolute Gasteiger partial charge is 0.547 e. The third-order valence-corrected chi connectivity index (χ3v) is 1.11. The Balaban J connectivity index is 4.32. The predicted octanol–water partition coefficient (Wildman–Crippen LogP) is -2.20. The highest BCUT2D eigenvalue weighted by Gasteiger charge is 2.21. The number of carbonyl (C=O) groups excluding carboxylic acids is 3. The molecule has 1 amide bonds. The van der Waals surface area contributed by atoms with Crippen molar-refractivity contribution in [1.82, 2.24) is 5.32 Å². The molecule has 0 heterocycles. The van der Waals surface area contributed by atoms with Gasteiger partial charge in [-0.25, -0.2) is 4.79 Å². The van der Waals surface area contributed by atoms with Crippen molar-refractivity contribution in [3.05, 3.63) is 0 Å². The number of aliphatic carboxylic acids is 1. The zero-order chi connectivity index (χ0) is 10.4. The minimum absolute atomic E-state index is 0.0438. The minimum atomic E-state index is -1.72. The zero-order valence-corrected chi connectivity index (χ0v) is 7.33. The summed E-state index contributed by atoms with van der Waals surface area (Å²) in [4.78, 5) is 31.6. The first-order valence-corrected chi connectivity index (χ1v) is 3.63. The van der Waals surface area contributed by atoms with E-state index in [4.69, 9.17) is 0 Å². The van der Waals surface area contributed by atoms with Crippen molar-refractivity contribution in [2.24, 2.45) is 0 Å². The molecule has 13 heavy (non-hydrogen) atoms. The van der Waals surface area contributed by atoms with Gasteiger partial charge in [-0.05, 0) is 6.92 Å². The van der Waals surface area contributed by atoms with Gasteiger partial charge in [0.25, 0.3) is 0 Å². The first kappa shape index (κ1) is 11.4. The summed E-state index contributed by atoms with van der Waals surface area (Å²) in [5.74, 6) is -3.35. The maximum Gasteiger partial charge on any atom is 0.334 e. The number of hydrogen-bond acceptors (Lipinski definition) is 5. The summed E-state index contributed by atoms with van der Waals surface area (Å²) < 4.78 is 4.39. The van der Waals surface area contributed by atoms with Crippen LogP contribution in [0.1, 0.15) is 13.8 Å². The standard InChI is InChI=1S/C7H11NO5/c1-3-13-7(12)5(6(10)11)8-4(2)9/h5H,3H2,1-2H3,(H,8,9)(H,10,11)/p-1/t5-/m0/s1. The highest BCUT2D eigenvalue weighted by atomic mass is 16.5. The van der Waals surface area contributed by atoms with Crippen molar-refractivity contribution in [3.63, 3.8) is 0 Å². The average Bonchev–Trinajstić information content (AvgIpc) is 1.99. The number of amides is 1. The summed E-state index contributed by atoms with van der Waals surface area (Å²) in [5, 5.41) is 12.2. The van der Waals surface area contributed by atoms with Crippen LogP contribution in [-0.4, -0.2) is 30.5 Å². The fraction of sp³-hybridized carbons (Fsp3) is 0.571. The molecule has 74 valence electrons. The van der Waals surface area contributed by atoms with Crippen LogP contribution in [0.2, 0.25) is 0 Å². The molecule has 0 spiro atoms. The smallest absolute Gasteiger partial charge is 0.334 e. The lowest BCUT2D eigenvalue weighted by Gasteiger charge is -2.16. The topological polar surface area (TPSA) is 95.5 Å². The Morgan fingerprint density at radius 1 is 1.46 bits per heavy atom. The lowest BCUT2D eigenvalue weighted by atomic mass is 10.3. The molecule has 0 aliphatic heterocycles. The van der Waals surface area contributed by atoms with Gasteiger partial charge in [-0.15, -0.1) is 0 Å². The van der Waals surface area contributed by atoms with Crippen LogP contribution in [0.5, 0.6) is 0 Å². The summed E-state index contributed by atoms with van der Waals surface area (Å²) in [7, 11) is 0. The van der Waals surface area contributed by atoms with Crippen molar-refractivity contribution in [1.29, 1.82) is 0 Å². The molecule has 0 radical (unpaired) electrons. The molecule has 0 aliphatic rings. The molecule has 0 aromatic carbocycles. The summed E-state index contributed by atoms with van der Waals surface area (Å²) in [6.07, 6.45) is 0. The van der Waals surface area contributed by atoms with E-state index in [0.717, 1.165) is 6.92 Å². The molecule has 0 aromatic heterocycles. The second-order valence-corrected chi connectivity index (χ2v) is 2.20. The van der Waals surface area contributed by atoms with E-state index in [1.54, 1.807) is 0 Å². The molecule has 0 rings (SSSR count). The first-order chi connectivity index (χ1) is 5.99. The molecule has 1 atom stereocenters. The Morgan fingerprint density at radius 2 is 2.00 bits per heavy atom. The van der Waals surface area contributed by atoms with Crippen LogP contribution in [0.3, 0.4) is 0 Å². The van der Waals surface area contributed by atoms with Gasteiger partial charge < -0.3 is 20.0 Å². The molecule has 0 saturated heterocycles. The monoisotopic (exact) mass is 188 g/mol. The van der Waals surface area contributed by atoms with E-state index in [9.17, 15) is 19.5 Å². The van der Waals surface area contributed by atoms with Gasteiger partial charge in [0.05, 0.1) is 12.6 Å². The number of nitrogens with one attached hydrogen (secondary N) is 1. The number of esters is 1. The summed E-state index contributed by atoms with van der Waals surface area (Å²) in [6.45, 7) is 2.66. The quantitative estimate of drug-likeness (QED) is 0.399. The SMILES string of the molecule is CCOC(=O)[C@@H](NC(C)=O)C(=O)[O-]. The Labute approximate surface area is 74.9 Å². The molecule has 6 heteroatoms. The molecule has 6 nitrogen and oxygen atoms in total. The number of ether oxygens (including phenoxy) is 1. The van der Waals surface area contributed by atoms with Crippen LogP contribution in [-0.2, 0) is 19.1 Å². The van der Waals surface area contributed by atoms with Gasteiger partial charge in [0.2, 0.25) is 5.91 Å². The van der Waals surface area contributed by atoms with E-state index >= 15 is 0 Å². The second kappa shape index (κ2) is 5.13. The average molecular weight is 188 g/mol. The van der Waals surface area contributed by atoms with Crippen molar-refractivity contribution >= 4 is 17.8 Å². The van der Waals surface area contributed by atoms with Crippen molar-refractivity contribution < 1.29 is 24.2 Å². The number of carboxylic acids is 1. The maximum absolute atomic E-state index is 10.9. The van der Waals surface area contributed by atoms with Crippen molar-refractivity contribution in [3.8, 4) is 0 Å². The predicted molar refractivity (Wildman–Crippen MR) is 39.2 cm³/mol. The van der Waals surface area contributed by atoms with Crippen LogP contribution < -0.4 is 10.4 Å². The molecule has 0 aromatic rings. The maximum atomic E-state index is 10.9. The van der Waals surface area contributed by atoms with Crippen LogP contribution in [0.4, 0.5) is 0 Å². The minimum Gasteiger partial charge on any atom is -0.547 e. The van der Waals surface area contributed by atoms with Crippen molar-refractivity contribution in [2.45, 2.75) is 19.9 Å². The van der Waals surface area contributed by atoms with E-state index in [0.29, 0.717) is 0 Å². The van der Waals surface area contributed by atoms with E-state index in [1.807, 2.05) is 5.32 Å². The molecule has 0 bridgehead atoms. The van der Waals surface area contributed by atoms with Gasteiger partial charge in [-0.1, -0.05) is 0 Å². The van der Waals surface area contributed by atoms with Gasteiger partial charge in [0.15, 0.2) is 6.04 Å². The fourth-order valence-corrected chi connectivity index (χ4v) is 0.643. The third-order valence-electron chi connectivity index (χ3n) is 1.11. The molecule has 0 saturated carbocycles. The Hall–Kier alpha value is -1.59. The van der Waals surface area contributed by atoms with Crippen LogP contribution in [0.25, 0.3) is 0 Å².